The minimum absolute atomic E-state index is 0.980. The largest absolute Gasteiger partial charge is 0.315 e. The minimum atomic E-state index is 0.980. The molecule has 3 heteroatoms. The van der Waals surface area contributed by atoms with Crippen molar-refractivity contribution in [3.63, 3.8) is 0 Å². The van der Waals surface area contributed by atoms with E-state index in [0.717, 1.165) is 19.0 Å². The van der Waals surface area contributed by atoms with Crippen molar-refractivity contribution in [3.8, 4) is 0 Å². The maximum absolute atomic E-state index is 3.25. The lowest BCUT2D eigenvalue weighted by Crippen LogP contribution is -2.24. The number of hydrogen-bond donors (Lipinski definition) is 1. The molecule has 0 bridgehead atoms. The van der Waals surface area contributed by atoms with Crippen LogP contribution >= 0.6 is 11.3 Å². The van der Waals surface area contributed by atoms with Crippen LogP contribution in [0.2, 0.25) is 0 Å². The predicted octanol–water partition coefficient (Wildman–Crippen LogP) is 4.18. The Hall–Kier alpha value is -0.380. The molecule has 0 amide bonds. The first-order chi connectivity index (χ1) is 9.72. The van der Waals surface area contributed by atoms with Gasteiger partial charge in [0.1, 0.15) is 0 Å². The third-order valence-electron chi connectivity index (χ3n) is 4.45. The highest BCUT2D eigenvalue weighted by atomic mass is 32.1. The normalized spacial score (nSPS) is 21.1. The van der Waals surface area contributed by atoms with E-state index in [1.807, 2.05) is 18.4 Å². The van der Waals surface area contributed by atoms with Gasteiger partial charge in [-0.15, -0.1) is 11.3 Å². The van der Waals surface area contributed by atoms with Crippen LogP contribution in [0.15, 0.2) is 6.07 Å². The second kappa shape index (κ2) is 8.16. The van der Waals surface area contributed by atoms with Crippen molar-refractivity contribution in [1.82, 2.24) is 10.2 Å². The molecular weight excluding hydrogens is 264 g/mol. The smallest absolute Gasteiger partial charge is 0.0296 e. The summed E-state index contributed by atoms with van der Waals surface area (Å²) in [4.78, 5) is 5.65. The van der Waals surface area contributed by atoms with E-state index in [1.54, 1.807) is 5.56 Å². The Balaban J connectivity index is 1.89. The first-order valence-corrected chi connectivity index (χ1v) is 8.99. The number of hydrogen-bond acceptors (Lipinski definition) is 3. The molecule has 0 radical (unpaired) electrons. The van der Waals surface area contributed by atoms with Gasteiger partial charge in [-0.3, -0.25) is 4.90 Å². The first-order valence-electron chi connectivity index (χ1n) is 8.18. The predicted molar refractivity (Wildman–Crippen MR) is 89.3 cm³/mol. The van der Waals surface area contributed by atoms with Gasteiger partial charge in [0.05, 0.1) is 0 Å². The monoisotopic (exact) mass is 294 g/mol. The van der Waals surface area contributed by atoms with Gasteiger partial charge in [-0.05, 0) is 63.9 Å². The molecule has 1 N–H and O–H groups in total. The summed E-state index contributed by atoms with van der Waals surface area (Å²) in [7, 11) is 2.03. The SMILES string of the molecule is CCCC1CCCN(Cc2cc(CNC)sc2C)CC1. The number of nitrogens with one attached hydrogen (secondary N) is 1. The lowest BCUT2D eigenvalue weighted by molar-refractivity contribution is 0.271. The Labute approximate surface area is 128 Å². The highest BCUT2D eigenvalue weighted by molar-refractivity contribution is 7.12. The molecule has 1 fully saturated rings. The van der Waals surface area contributed by atoms with Crippen LogP contribution in [0, 0.1) is 12.8 Å². The molecule has 20 heavy (non-hydrogen) atoms. The van der Waals surface area contributed by atoms with Crippen LogP contribution in [-0.4, -0.2) is 25.0 Å². The van der Waals surface area contributed by atoms with Gasteiger partial charge in [0.15, 0.2) is 0 Å². The second-order valence-electron chi connectivity index (χ2n) is 6.19. The van der Waals surface area contributed by atoms with Gasteiger partial charge in [0, 0.05) is 22.8 Å². The van der Waals surface area contributed by atoms with Gasteiger partial charge in [-0.25, -0.2) is 0 Å². The summed E-state index contributed by atoms with van der Waals surface area (Å²) in [5.74, 6) is 0.980. The van der Waals surface area contributed by atoms with E-state index in [9.17, 15) is 0 Å². The highest BCUT2D eigenvalue weighted by Crippen LogP contribution is 2.26. The molecule has 1 unspecified atom stereocenters. The van der Waals surface area contributed by atoms with Crippen LogP contribution in [0.4, 0.5) is 0 Å². The van der Waals surface area contributed by atoms with Crippen molar-refractivity contribution in [1.29, 1.82) is 0 Å². The van der Waals surface area contributed by atoms with Crippen molar-refractivity contribution in [2.45, 2.75) is 59.0 Å². The van der Waals surface area contributed by atoms with E-state index in [1.165, 1.54) is 54.9 Å². The molecule has 0 aromatic carbocycles. The molecule has 1 atom stereocenters. The zero-order valence-electron chi connectivity index (χ0n) is 13.4. The van der Waals surface area contributed by atoms with E-state index >= 15 is 0 Å². The van der Waals surface area contributed by atoms with Crippen molar-refractivity contribution in [2.75, 3.05) is 20.1 Å². The van der Waals surface area contributed by atoms with E-state index in [-0.39, 0.29) is 0 Å². The van der Waals surface area contributed by atoms with Crippen molar-refractivity contribution in [3.05, 3.63) is 21.4 Å². The van der Waals surface area contributed by atoms with E-state index < -0.39 is 0 Å². The number of nitrogens with zero attached hydrogens (tertiary/aromatic N) is 1. The van der Waals surface area contributed by atoms with Crippen LogP contribution in [-0.2, 0) is 13.1 Å². The zero-order chi connectivity index (χ0) is 14.4. The number of aryl methyl sites for hydroxylation is 1. The summed E-state index contributed by atoms with van der Waals surface area (Å²) in [5, 5.41) is 3.25. The van der Waals surface area contributed by atoms with Crippen LogP contribution in [0.25, 0.3) is 0 Å². The van der Waals surface area contributed by atoms with E-state index in [4.69, 9.17) is 0 Å². The summed E-state index contributed by atoms with van der Waals surface area (Å²) in [6.07, 6.45) is 7.01. The van der Waals surface area contributed by atoms with Crippen molar-refractivity contribution < 1.29 is 0 Å². The first kappa shape index (κ1) is 16.0. The molecule has 2 heterocycles. The fourth-order valence-corrected chi connectivity index (χ4v) is 4.39. The lowest BCUT2D eigenvalue weighted by Gasteiger charge is -2.20. The van der Waals surface area contributed by atoms with Gasteiger partial charge in [-0.2, -0.15) is 0 Å². The summed E-state index contributed by atoms with van der Waals surface area (Å²) >= 11 is 1.95. The number of thiophene rings is 1. The van der Waals surface area contributed by atoms with E-state index in [0.29, 0.717) is 0 Å². The summed E-state index contributed by atoms with van der Waals surface area (Å²) < 4.78 is 0. The Kier molecular flexibility index (Phi) is 6.53. The molecule has 0 saturated carbocycles. The molecular formula is C17H30N2S. The highest BCUT2D eigenvalue weighted by Gasteiger charge is 2.17. The molecule has 1 aromatic rings. The molecule has 1 aliphatic heterocycles. The standard InChI is InChI=1S/C17H30N2S/c1-4-6-15-7-5-9-19(10-8-15)13-16-11-17(12-18-3)20-14(16)2/h11,15,18H,4-10,12-13H2,1-3H3. The second-order valence-corrected chi connectivity index (χ2v) is 7.53. The molecule has 0 aliphatic carbocycles. The minimum Gasteiger partial charge on any atom is -0.315 e. The molecule has 1 saturated heterocycles. The Bertz CT molecular complexity index is 400. The number of likely N-dealkylation sites (tertiary alicyclic amines) is 1. The van der Waals surface area contributed by atoms with Crippen LogP contribution in [0.5, 0.6) is 0 Å². The Morgan fingerprint density at radius 2 is 2.20 bits per heavy atom. The van der Waals surface area contributed by atoms with Gasteiger partial charge in [0.2, 0.25) is 0 Å². The topological polar surface area (TPSA) is 15.3 Å². The third-order valence-corrected chi connectivity index (χ3v) is 5.55. The Morgan fingerprint density at radius 3 is 2.95 bits per heavy atom. The fraction of sp³-hybridized carbons (Fsp3) is 0.765. The van der Waals surface area contributed by atoms with E-state index in [2.05, 4.69) is 30.1 Å². The summed E-state index contributed by atoms with van der Waals surface area (Å²) in [6.45, 7) is 9.34. The molecule has 1 aliphatic rings. The lowest BCUT2D eigenvalue weighted by atomic mass is 9.96. The maximum Gasteiger partial charge on any atom is 0.0296 e. The molecule has 2 nitrogen and oxygen atoms in total. The van der Waals surface area contributed by atoms with Gasteiger partial charge >= 0.3 is 0 Å². The van der Waals surface area contributed by atoms with Crippen LogP contribution in [0.3, 0.4) is 0 Å². The van der Waals surface area contributed by atoms with Crippen molar-refractivity contribution >= 4 is 11.3 Å². The molecule has 1 aromatic heterocycles. The van der Waals surface area contributed by atoms with Gasteiger partial charge < -0.3 is 5.32 Å². The summed E-state index contributed by atoms with van der Waals surface area (Å²) in [5.41, 5.74) is 1.55. The molecule has 2 rings (SSSR count). The fourth-order valence-electron chi connectivity index (χ4n) is 3.33. The van der Waals surface area contributed by atoms with Crippen LogP contribution < -0.4 is 5.32 Å². The quantitative estimate of drug-likeness (QED) is 0.847. The third kappa shape index (κ3) is 4.57. The molecule has 114 valence electrons. The van der Waals surface area contributed by atoms with Crippen LogP contribution in [0.1, 0.15) is 54.3 Å². The van der Waals surface area contributed by atoms with Crippen molar-refractivity contribution in [2.24, 2.45) is 5.92 Å². The summed E-state index contributed by atoms with van der Waals surface area (Å²) in [6, 6.07) is 2.41. The average Bonchev–Trinajstić information content (AvgIpc) is 2.62. The Morgan fingerprint density at radius 1 is 1.35 bits per heavy atom. The van der Waals surface area contributed by atoms with Gasteiger partial charge in [0.25, 0.3) is 0 Å². The zero-order valence-corrected chi connectivity index (χ0v) is 14.2. The average molecular weight is 295 g/mol. The maximum atomic E-state index is 3.25. The van der Waals surface area contributed by atoms with Gasteiger partial charge in [-0.1, -0.05) is 19.8 Å². The number of rotatable bonds is 6. The molecule has 0 spiro atoms.